The number of rotatable bonds is 5. The SMILES string of the molecule is C#CC[C@H](CC)NC(=O)Nc1nc(-c2ccccc2)ns1. The third-order valence-electron chi connectivity index (χ3n) is 2.87. The normalized spacial score (nSPS) is 11.4. The van der Waals surface area contributed by atoms with E-state index in [-0.39, 0.29) is 12.1 Å². The van der Waals surface area contributed by atoms with Crippen LogP contribution in [-0.4, -0.2) is 21.4 Å². The minimum Gasteiger partial charge on any atom is -0.334 e. The van der Waals surface area contributed by atoms with Gasteiger partial charge in [-0.15, -0.1) is 12.3 Å². The van der Waals surface area contributed by atoms with Gasteiger partial charge in [0.2, 0.25) is 5.13 Å². The van der Waals surface area contributed by atoms with Gasteiger partial charge >= 0.3 is 6.03 Å². The molecule has 0 unspecified atom stereocenters. The van der Waals surface area contributed by atoms with E-state index in [1.165, 1.54) is 0 Å². The van der Waals surface area contributed by atoms with E-state index in [1.807, 2.05) is 37.3 Å². The molecule has 1 aromatic carbocycles. The van der Waals surface area contributed by atoms with E-state index in [0.29, 0.717) is 17.4 Å². The van der Waals surface area contributed by atoms with Crippen LogP contribution in [-0.2, 0) is 0 Å². The Morgan fingerprint density at radius 1 is 1.43 bits per heavy atom. The van der Waals surface area contributed by atoms with Crippen molar-refractivity contribution in [3.63, 3.8) is 0 Å². The number of hydrogen-bond donors (Lipinski definition) is 2. The maximum atomic E-state index is 11.9. The first-order chi connectivity index (χ1) is 10.2. The fourth-order valence-electron chi connectivity index (χ4n) is 1.74. The summed E-state index contributed by atoms with van der Waals surface area (Å²) in [5, 5.41) is 5.95. The molecule has 2 N–H and O–H groups in total. The lowest BCUT2D eigenvalue weighted by Crippen LogP contribution is -2.37. The molecule has 21 heavy (non-hydrogen) atoms. The predicted molar refractivity (Wildman–Crippen MR) is 85.0 cm³/mol. The number of amides is 2. The van der Waals surface area contributed by atoms with Crippen molar-refractivity contribution >= 4 is 22.7 Å². The van der Waals surface area contributed by atoms with Crippen molar-refractivity contribution in [1.82, 2.24) is 14.7 Å². The average molecular weight is 300 g/mol. The van der Waals surface area contributed by atoms with Gasteiger partial charge in [0, 0.05) is 29.6 Å². The van der Waals surface area contributed by atoms with Gasteiger partial charge in [0.1, 0.15) is 0 Å². The van der Waals surface area contributed by atoms with Crippen LogP contribution >= 0.6 is 11.5 Å². The zero-order valence-electron chi connectivity index (χ0n) is 11.7. The lowest BCUT2D eigenvalue weighted by molar-refractivity contribution is 0.248. The van der Waals surface area contributed by atoms with Gasteiger partial charge < -0.3 is 5.32 Å². The minimum atomic E-state index is -0.312. The van der Waals surface area contributed by atoms with Crippen LogP contribution in [0.5, 0.6) is 0 Å². The summed E-state index contributed by atoms with van der Waals surface area (Å²) >= 11 is 1.15. The maximum Gasteiger partial charge on any atom is 0.321 e. The molecule has 5 nitrogen and oxygen atoms in total. The maximum absolute atomic E-state index is 11.9. The van der Waals surface area contributed by atoms with Gasteiger partial charge in [-0.25, -0.2) is 4.79 Å². The molecule has 0 spiro atoms. The highest BCUT2D eigenvalue weighted by Gasteiger charge is 2.12. The van der Waals surface area contributed by atoms with Crippen molar-refractivity contribution in [3.05, 3.63) is 30.3 Å². The molecule has 0 aliphatic carbocycles. The first-order valence-electron chi connectivity index (χ1n) is 6.63. The zero-order valence-corrected chi connectivity index (χ0v) is 12.5. The number of nitrogens with zero attached hydrogens (tertiary/aromatic N) is 2. The van der Waals surface area contributed by atoms with Crippen LogP contribution in [0.2, 0.25) is 0 Å². The minimum absolute atomic E-state index is 0.0310. The van der Waals surface area contributed by atoms with E-state index < -0.39 is 0 Å². The summed E-state index contributed by atoms with van der Waals surface area (Å²) in [4.78, 5) is 16.1. The predicted octanol–water partition coefficient (Wildman–Crippen LogP) is 3.13. The second-order valence-corrected chi connectivity index (χ2v) is 5.15. The third-order valence-corrected chi connectivity index (χ3v) is 3.50. The highest BCUT2D eigenvalue weighted by atomic mass is 32.1. The first kappa shape index (κ1) is 15.0. The Hall–Kier alpha value is -2.39. The lowest BCUT2D eigenvalue weighted by atomic mass is 10.2. The zero-order chi connectivity index (χ0) is 15.1. The number of aromatic nitrogens is 2. The molecular weight excluding hydrogens is 284 g/mol. The number of carbonyl (C=O) groups excluding carboxylic acids is 1. The molecule has 1 aromatic heterocycles. The topological polar surface area (TPSA) is 66.9 Å². The van der Waals surface area contributed by atoms with Gasteiger partial charge in [-0.05, 0) is 6.42 Å². The van der Waals surface area contributed by atoms with E-state index in [4.69, 9.17) is 6.42 Å². The summed E-state index contributed by atoms with van der Waals surface area (Å²) in [6.45, 7) is 1.97. The summed E-state index contributed by atoms with van der Waals surface area (Å²) in [5.74, 6) is 3.15. The molecule has 2 rings (SSSR count). The average Bonchev–Trinajstić information content (AvgIpc) is 2.96. The van der Waals surface area contributed by atoms with E-state index in [0.717, 1.165) is 23.5 Å². The summed E-state index contributed by atoms with van der Waals surface area (Å²) in [5.41, 5.74) is 0.918. The van der Waals surface area contributed by atoms with Gasteiger partial charge in [-0.2, -0.15) is 9.36 Å². The van der Waals surface area contributed by atoms with Crippen LogP contribution in [0.4, 0.5) is 9.93 Å². The van der Waals surface area contributed by atoms with E-state index in [1.54, 1.807) is 0 Å². The quantitative estimate of drug-likeness (QED) is 0.834. The Labute approximate surface area is 128 Å². The van der Waals surface area contributed by atoms with E-state index in [9.17, 15) is 4.79 Å². The van der Waals surface area contributed by atoms with Crippen LogP contribution in [0.25, 0.3) is 11.4 Å². The number of carbonyl (C=O) groups is 1. The highest BCUT2D eigenvalue weighted by molar-refractivity contribution is 7.10. The molecule has 1 heterocycles. The Kier molecular flexibility index (Phi) is 5.29. The fraction of sp³-hybridized carbons (Fsp3) is 0.267. The molecule has 2 amide bonds. The Balaban J connectivity index is 1.97. The molecule has 0 saturated heterocycles. The second kappa shape index (κ2) is 7.41. The van der Waals surface area contributed by atoms with Crippen LogP contribution in [0.15, 0.2) is 30.3 Å². The standard InChI is InChI=1S/C15H16N4OS/c1-3-8-12(4-2)16-14(20)18-15-17-13(19-21-15)11-9-6-5-7-10-11/h1,5-7,9-10,12H,4,8H2,2H3,(H2,16,17,18,19,20)/t12-/m0/s1. The van der Waals surface area contributed by atoms with Gasteiger partial charge in [-0.1, -0.05) is 37.3 Å². The summed E-state index contributed by atoms with van der Waals surface area (Å²) in [6.07, 6.45) is 6.55. The Morgan fingerprint density at radius 3 is 2.86 bits per heavy atom. The van der Waals surface area contributed by atoms with Crippen molar-refractivity contribution in [3.8, 4) is 23.7 Å². The summed E-state index contributed by atoms with van der Waals surface area (Å²) < 4.78 is 4.23. The van der Waals surface area contributed by atoms with E-state index in [2.05, 4.69) is 25.9 Å². The van der Waals surface area contributed by atoms with Gasteiger partial charge in [-0.3, -0.25) is 5.32 Å². The monoisotopic (exact) mass is 300 g/mol. The number of urea groups is 1. The molecular formula is C15H16N4OS. The number of terminal acetylenes is 1. The lowest BCUT2D eigenvalue weighted by Gasteiger charge is -2.13. The largest absolute Gasteiger partial charge is 0.334 e. The van der Waals surface area contributed by atoms with Crippen LogP contribution in [0.3, 0.4) is 0 Å². The van der Waals surface area contributed by atoms with E-state index >= 15 is 0 Å². The molecule has 0 radical (unpaired) electrons. The first-order valence-corrected chi connectivity index (χ1v) is 7.40. The summed E-state index contributed by atoms with van der Waals surface area (Å²) in [6, 6.07) is 9.27. The van der Waals surface area contributed by atoms with Crippen molar-refractivity contribution < 1.29 is 4.79 Å². The molecule has 0 saturated carbocycles. The van der Waals surface area contributed by atoms with Crippen LogP contribution in [0, 0.1) is 12.3 Å². The third kappa shape index (κ3) is 4.29. The molecule has 2 aromatic rings. The smallest absolute Gasteiger partial charge is 0.321 e. The van der Waals surface area contributed by atoms with Crippen LogP contribution < -0.4 is 10.6 Å². The molecule has 0 aliphatic heterocycles. The van der Waals surface area contributed by atoms with Crippen molar-refractivity contribution in [2.24, 2.45) is 0 Å². The van der Waals surface area contributed by atoms with Gasteiger partial charge in [0.25, 0.3) is 0 Å². The molecule has 1 atom stereocenters. The van der Waals surface area contributed by atoms with Gasteiger partial charge in [0.15, 0.2) is 5.82 Å². The summed E-state index contributed by atoms with van der Waals surface area (Å²) in [7, 11) is 0. The molecule has 0 bridgehead atoms. The highest BCUT2D eigenvalue weighted by Crippen LogP contribution is 2.20. The Morgan fingerprint density at radius 2 is 2.19 bits per heavy atom. The van der Waals surface area contributed by atoms with Crippen LogP contribution in [0.1, 0.15) is 19.8 Å². The molecule has 6 heteroatoms. The number of hydrogen-bond acceptors (Lipinski definition) is 4. The second-order valence-electron chi connectivity index (χ2n) is 4.40. The number of benzene rings is 1. The van der Waals surface area contributed by atoms with Gasteiger partial charge in [0.05, 0.1) is 0 Å². The van der Waals surface area contributed by atoms with Crippen molar-refractivity contribution in [2.75, 3.05) is 5.32 Å². The Bertz CT molecular complexity index is 633. The van der Waals surface area contributed by atoms with Crippen molar-refractivity contribution in [2.45, 2.75) is 25.8 Å². The molecule has 108 valence electrons. The molecule has 0 aliphatic rings. The number of nitrogens with one attached hydrogen (secondary N) is 2. The number of anilines is 1. The molecule has 0 fully saturated rings. The fourth-order valence-corrected chi connectivity index (χ4v) is 2.32. The van der Waals surface area contributed by atoms with Crippen molar-refractivity contribution in [1.29, 1.82) is 0 Å².